The van der Waals surface area contributed by atoms with Gasteiger partial charge in [0, 0.05) is 18.2 Å². The molecule has 0 amide bonds. The van der Waals surface area contributed by atoms with Gasteiger partial charge in [0.25, 0.3) is 0 Å². The first-order valence-electron chi connectivity index (χ1n) is 5.05. The quantitative estimate of drug-likeness (QED) is 0.886. The number of hydrogen-bond donors (Lipinski definition) is 1. The maximum Gasteiger partial charge on any atom is 0.129 e. The molecule has 1 unspecified atom stereocenters. The Kier molecular flexibility index (Phi) is 3.39. The minimum absolute atomic E-state index is 0.140. The maximum atomic E-state index is 13.3. The fraction of sp³-hybridized carbons (Fsp3) is 0.167. The Labute approximate surface area is 96.8 Å². The summed E-state index contributed by atoms with van der Waals surface area (Å²) in [6.07, 6.45) is 1.53. The fourth-order valence-corrected chi connectivity index (χ4v) is 1.52. The molecular formula is C12H10F2N2O. The molecule has 0 aliphatic heterocycles. The van der Waals surface area contributed by atoms with E-state index in [2.05, 4.69) is 9.97 Å². The molecule has 0 bridgehead atoms. The molecule has 2 rings (SSSR count). The van der Waals surface area contributed by atoms with Crippen molar-refractivity contribution in [3.63, 3.8) is 0 Å². The minimum atomic E-state index is -1.05. The van der Waals surface area contributed by atoms with Crippen LogP contribution in [0.3, 0.4) is 0 Å². The predicted molar refractivity (Wildman–Crippen MR) is 57.1 cm³/mol. The van der Waals surface area contributed by atoms with Crippen LogP contribution in [0.5, 0.6) is 0 Å². The Hall–Kier alpha value is -1.88. The third-order valence-corrected chi connectivity index (χ3v) is 2.41. The topological polar surface area (TPSA) is 46.0 Å². The van der Waals surface area contributed by atoms with Gasteiger partial charge < -0.3 is 5.11 Å². The molecule has 1 aromatic carbocycles. The Bertz CT molecular complexity index is 485. The van der Waals surface area contributed by atoms with Gasteiger partial charge in [-0.05, 0) is 18.2 Å². The van der Waals surface area contributed by atoms with Crippen molar-refractivity contribution in [2.75, 3.05) is 0 Å². The Morgan fingerprint density at radius 2 is 1.88 bits per heavy atom. The zero-order chi connectivity index (χ0) is 12.3. The second-order valence-electron chi connectivity index (χ2n) is 3.55. The standard InChI is InChI=1S/C12H10F2N2O/c13-9-2-1-3-10(14)8(9)6-12(17)11-4-5-15-7-16-11/h1-5,7,12,17H,6H2. The number of rotatable bonds is 3. The number of benzene rings is 1. The first kappa shape index (κ1) is 11.6. The van der Waals surface area contributed by atoms with Crippen LogP contribution >= 0.6 is 0 Å². The Balaban J connectivity index is 2.22. The van der Waals surface area contributed by atoms with Gasteiger partial charge in [0.2, 0.25) is 0 Å². The average molecular weight is 236 g/mol. The molecule has 0 radical (unpaired) electrons. The van der Waals surface area contributed by atoms with Crippen molar-refractivity contribution in [1.82, 2.24) is 9.97 Å². The number of hydrogen-bond acceptors (Lipinski definition) is 3. The van der Waals surface area contributed by atoms with Crippen LogP contribution in [0.25, 0.3) is 0 Å². The van der Waals surface area contributed by atoms with E-state index in [0.717, 1.165) is 12.1 Å². The van der Waals surface area contributed by atoms with Crippen molar-refractivity contribution in [3.8, 4) is 0 Å². The molecule has 1 heterocycles. The summed E-state index contributed by atoms with van der Waals surface area (Å²) >= 11 is 0. The van der Waals surface area contributed by atoms with Gasteiger partial charge in [0.1, 0.15) is 24.1 Å². The molecule has 0 aliphatic carbocycles. The van der Waals surface area contributed by atoms with Gasteiger partial charge in [-0.15, -0.1) is 0 Å². The van der Waals surface area contributed by atoms with E-state index in [1.54, 1.807) is 0 Å². The lowest BCUT2D eigenvalue weighted by Crippen LogP contribution is -2.07. The lowest BCUT2D eigenvalue weighted by atomic mass is 10.0. The molecule has 88 valence electrons. The van der Waals surface area contributed by atoms with E-state index in [1.165, 1.54) is 24.7 Å². The van der Waals surface area contributed by atoms with Gasteiger partial charge in [-0.25, -0.2) is 18.7 Å². The summed E-state index contributed by atoms with van der Waals surface area (Å²) in [7, 11) is 0. The third-order valence-electron chi connectivity index (χ3n) is 2.41. The summed E-state index contributed by atoms with van der Waals surface area (Å²) < 4.78 is 26.7. The highest BCUT2D eigenvalue weighted by atomic mass is 19.1. The molecule has 1 atom stereocenters. The van der Waals surface area contributed by atoms with Crippen molar-refractivity contribution < 1.29 is 13.9 Å². The van der Waals surface area contributed by atoms with E-state index in [1.807, 2.05) is 0 Å². The molecule has 0 saturated carbocycles. The van der Waals surface area contributed by atoms with E-state index < -0.39 is 17.7 Å². The highest BCUT2D eigenvalue weighted by Crippen LogP contribution is 2.20. The average Bonchev–Trinajstić information content (AvgIpc) is 2.35. The van der Waals surface area contributed by atoms with Crippen molar-refractivity contribution in [2.24, 2.45) is 0 Å². The highest BCUT2D eigenvalue weighted by molar-refractivity contribution is 5.21. The van der Waals surface area contributed by atoms with E-state index in [0.29, 0.717) is 5.69 Å². The van der Waals surface area contributed by atoms with Gasteiger partial charge in [-0.2, -0.15) is 0 Å². The SMILES string of the molecule is OC(Cc1c(F)cccc1F)c1ccncn1. The molecule has 17 heavy (non-hydrogen) atoms. The van der Waals surface area contributed by atoms with Crippen molar-refractivity contribution in [2.45, 2.75) is 12.5 Å². The van der Waals surface area contributed by atoms with Crippen LogP contribution < -0.4 is 0 Å². The van der Waals surface area contributed by atoms with Crippen molar-refractivity contribution in [1.29, 1.82) is 0 Å². The first-order chi connectivity index (χ1) is 8.18. The molecule has 0 saturated heterocycles. The first-order valence-corrected chi connectivity index (χ1v) is 5.05. The Morgan fingerprint density at radius 3 is 2.47 bits per heavy atom. The molecule has 2 aromatic rings. The summed E-state index contributed by atoms with van der Waals surface area (Å²) in [6, 6.07) is 5.10. The second kappa shape index (κ2) is 4.97. The maximum absolute atomic E-state index is 13.3. The molecule has 0 fully saturated rings. The smallest absolute Gasteiger partial charge is 0.129 e. The number of aromatic nitrogens is 2. The number of nitrogens with zero attached hydrogens (tertiary/aromatic N) is 2. The molecule has 3 nitrogen and oxygen atoms in total. The summed E-state index contributed by atoms with van der Waals surface area (Å²) in [5.41, 5.74) is 0.196. The van der Waals surface area contributed by atoms with Crippen molar-refractivity contribution in [3.05, 3.63) is 59.7 Å². The summed E-state index contributed by atoms with van der Waals surface area (Å²) in [5.74, 6) is -1.34. The number of aliphatic hydroxyl groups is 1. The zero-order valence-corrected chi connectivity index (χ0v) is 8.85. The summed E-state index contributed by atoms with van der Waals surface area (Å²) in [4.78, 5) is 7.53. The molecular weight excluding hydrogens is 226 g/mol. The molecule has 0 aliphatic rings. The zero-order valence-electron chi connectivity index (χ0n) is 8.85. The van der Waals surface area contributed by atoms with Crippen LogP contribution in [-0.2, 0) is 6.42 Å². The minimum Gasteiger partial charge on any atom is -0.386 e. The van der Waals surface area contributed by atoms with E-state index in [4.69, 9.17) is 0 Å². The lowest BCUT2D eigenvalue weighted by Gasteiger charge is -2.10. The van der Waals surface area contributed by atoms with Crippen LogP contribution in [0, 0.1) is 11.6 Å². The van der Waals surface area contributed by atoms with Gasteiger partial charge >= 0.3 is 0 Å². The van der Waals surface area contributed by atoms with Gasteiger partial charge in [-0.3, -0.25) is 0 Å². The van der Waals surface area contributed by atoms with Gasteiger partial charge in [-0.1, -0.05) is 6.07 Å². The normalized spacial score (nSPS) is 12.4. The molecule has 0 spiro atoms. The van der Waals surface area contributed by atoms with Crippen LogP contribution in [0.15, 0.2) is 36.8 Å². The van der Waals surface area contributed by atoms with Crippen LogP contribution in [0.1, 0.15) is 17.4 Å². The predicted octanol–water partition coefficient (Wildman–Crippen LogP) is 2.03. The van der Waals surface area contributed by atoms with E-state index >= 15 is 0 Å². The van der Waals surface area contributed by atoms with E-state index in [9.17, 15) is 13.9 Å². The lowest BCUT2D eigenvalue weighted by molar-refractivity contribution is 0.170. The largest absolute Gasteiger partial charge is 0.386 e. The van der Waals surface area contributed by atoms with E-state index in [-0.39, 0.29) is 12.0 Å². The molecule has 1 N–H and O–H groups in total. The summed E-state index contributed by atoms with van der Waals surface area (Å²) in [6.45, 7) is 0. The Morgan fingerprint density at radius 1 is 1.18 bits per heavy atom. The number of aliphatic hydroxyl groups excluding tert-OH is 1. The fourth-order valence-electron chi connectivity index (χ4n) is 1.52. The third kappa shape index (κ3) is 2.62. The van der Waals surface area contributed by atoms with Crippen LogP contribution in [0.2, 0.25) is 0 Å². The molecule has 1 aromatic heterocycles. The monoisotopic (exact) mass is 236 g/mol. The van der Waals surface area contributed by atoms with Crippen molar-refractivity contribution >= 4 is 0 Å². The van der Waals surface area contributed by atoms with Crippen LogP contribution in [-0.4, -0.2) is 15.1 Å². The number of halogens is 2. The molecule has 5 heteroatoms. The van der Waals surface area contributed by atoms with Crippen LogP contribution in [0.4, 0.5) is 8.78 Å². The van der Waals surface area contributed by atoms with Gasteiger partial charge in [0.05, 0.1) is 5.69 Å². The summed E-state index contributed by atoms with van der Waals surface area (Å²) in [5, 5.41) is 9.80. The van der Waals surface area contributed by atoms with Gasteiger partial charge in [0.15, 0.2) is 0 Å². The highest BCUT2D eigenvalue weighted by Gasteiger charge is 2.15. The second-order valence-corrected chi connectivity index (χ2v) is 3.55.